The van der Waals surface area contributed by atoms with Gasteiger partial charge in [0.25, 0.3) is 0 Å². The largest absolute Gasteiger partial charge is 0.350 e. The average molecular weight is 406 g/mol. The third-order valence-electron chi connectivity index (χ3n) is 5.54. The van der Waals surface area contributed by atoms with E-state index in [-0.39, 0.29) is 18.1 Å². The summed E-state index contributed by atoms with van der Waals surface area (Å²) in [4.78, 5) is 17.8. The molecule has 0 saturated carbocycles. The first-order chi connectivity index (χ1) is 14.6. The van der Waals surface area contributed by atoms with Crippen molar-refractivity contribution in [2.24, 2.45) is 10.9 Å². The maximum atomic E-state index is 13.8. The maximum absolute atomic E-state index is 13.8. The Hall–Kier alpha value is -3.20. The number of aromatic nitrogens is 5. The van der Waals surface area contributed by atoms with Crippen LogP contribution < -0.4 is 10.6 Å². The minimum Gasteiger partial charge on any atom is -0.350 e. The normalized spacial score (nSPS) is 23.1. The van der Waals surface area contributed by atoms with Crippen LogP contribution in [0.25, 0.3) is 17.0 Å². The molecule has 3 aromatic heterocycles. The van der Waals surface area contributed by atoms with Gasteiger partial charge in [-0.15, -0.1) is 0 Å². The molecule has 1 saturated heterocycles. The number of nitrogens with one attached hydrogen (secondary N) is 2. The lowest BCUT2D eigenvalue weighted by Gasteiger charge is -2.35. The Labute approximate surface area is 173 Å². The zero-order chi connectivity index (χ0) is 20.7. The average Bonchev–Trinajstić information content (AvgIpc) is 3.18. The van der Waals surface area contributed by atoms with Gasteiger partial charge in [-0.2, -0.15) is 14.6 Å². The number of nitrogens with zero attached hydrogens (tertiary/aromatic N) is 6. The van der Waals surface area contributed by atoms with Gasteiger partial charge in [-0.1, -0.05) is 19.9 Å². The first-order valence-corrected chi connectivity index (χ1v) is 10.1. The van der Waals surface area contributed by atoms with Crippen molar-refractivity contribution in [1.82, 2.24) is 29.9 Å². The highest BCUT2D eigenvalue weighted by molar-refractivity contribution is 5.72. The molecule has 2 aliphatic heterocycles. The van der Waals surface area contributed by atoms with Gasteiger partial charge in [-0.3, -0.25) is 15.3 Å². The number of pyridine rings is 1. The van der Waals surface area contributed by atoms with Crippen molar-refractivity contribution in [3.8, 4) is 11.4 Å². The van der Waals surface area contributed by atoms with Crippen LogP contribution in [0.5, 0.6) is 0 Å². The van der Waals surface area contributed by atoms with Crippen molar-refractivity contribution in [3.05, 3.63) is 48.2 Å². The van der Waals surface area contributed by atoms with E-state index in [1.54, 1.807) is 10.7 Å². The number of piperidine rings is 1. The lowest BCUT2D eigenvalue weighted by Crippen LogP contribution is -2.49. The SMILES string of the molecule is CC(C)c1cnn2c(N[C@H]3CNC4N=CC=CC4C3)nc(-c3cncc(F)c3)nc12. The van der Waals surface area contributed by atoms with Gasteiger partial charge in [0.1, 0.15) is 12.0 Å². The van der Waals surface area contributed by atoms with Gasteiger partial charge in [0.05, 0.1) is 12.4 Å². The van der Waals surface area contributed by atoms with E-state index in [0.29, 0.717) is 28.9 Å². The third-order valence-corrected chi connectivity index (χ3v) is 5.54. The number of aliphatic imine (C=N–C) groups is 1. The first kappa shape index (κ1) is 18.8. The molecule has 8 nitrogen and oxygen atoms in total. The Morgan fingerprint density at radius 2 is 2.13 bits per heavy atom. The summed E-state index contributed by atoms with van der Waals surface area (Å²) in [6.07, 6.45) is 11.6. The predicted octanol–water partition coefficient (Wildman–Crippen LogP) is 2.81. The van der Waals surface area contributed by atoms with Crippen LogP contribution in [0.1, 0.15) is 31.7 Å². The summed E-state index contributed by atoms with van der Waals surface area (Å²) in [5.41, 5.74) is 2.26. The topological polar surface area (TPSA) is 92.4 Å². The van der Waals surface area contributed by atoms with Gasteiger partial charge in [0.15, 0.2) is 11.5 Å². The predicted molar refractivity (Wildman–Crippen MR) is 113 cm³/mol. The van der Waals surface area contributed by atoms with Gasteiger partial charge in [-0.05, 0) is 24.5 Å². The molecular weight excluding hydrogens is 383 g/mol. The Bertz CT molecular complexity index is 1140. The van der Waals surface area contributed by atoms with Crippen LogP contribution in [0.15, 0.2) is 41.8 Å². The molecule has 0 radical (unpaired) electrons. The van der Waals surface area contributed by atoms with E-state index < -0.39 is 5.82 Å². The molecule has 5 heterocycles. The molecule has 154 valence electrons. The zero-order valence-electron chi connectivity index (χ0n) is 16.8. The summed E-state index contributed by atoms with van der Waals surface area (Å²) in [6, 6.07) is 1.54. The number of fused-ring (bicyclic) bond motifs is 2. The molecule has 30 heavy (non-hydrogen) atoms. The number of hydrogen-bond acceptors (Lipinski definition) is 7. The molecule has 3 atom stereocenters. The fraction of sp³-hybridized carbons (Fsp3) is 0.381. The molecule has 0 aliphatic carbocycles. The minimum absolute atomic E-state index is 0.129. The van der Waals surface area contributed by atoms with Crippen molar-refractivity contribution in [1.29, 1.82) is 0 Å². The number of anilines is 1. The van der Waals surface area contributed by atoms with E-state index in [2.05, 4.69) is 55.6 Å². The fourth-order valence-corrected chi connectivity index (χ4v) is 3.99. The van der Waals surface area contributed by atoms with E-state index in [9.17, 15) is 4.39 Å². The summed E-state index contributed by atoms with van der Waals surface area (Å²) in [7, 11) is 0. The van der Waals surface area contributed by atoms with Crippen molar-refractivity contribution in [2.45, 2.75) is 38.4 Å². The van der Waals surface area contributed by atoms with Crippen LogP contribution in [-0.4, -0.2) is 49.5 Å². The van der Waals surface area contributed by atoms with E-state index >= 15 is 0 Å². The second-order valence-electron chi connectivity index (χ2n) is 8.03. The van der Waals surface area contributed by atoms with Crippen molar-refractivity contribution < 1.29 is 4.39 Å². The van der Waals surface area contributed by atoms with Gasteiger partial charge in [-0.25, -0.2) is 9.37 Å². The number of hydrogen-bond donors (Lipinski definition) is 2. The van der Waals surface area contributed by atoms with Crippen LogP contribution in [0.4, 0.5) is 10.3 Å². The molecule has 9 heteroatoms. The van der Waals surface area contributed by atoms with E-state index in [1.165, 1.54) is 12.3 Å². The molecule has 2 N–H and O–H groups in total. The summed E-state index contributed by atoms with van der Waals surface area (Å²) in [5.74, 6) is 1.15. The summed E-state index contributed by atoms with van der Waals surface area (Å²) in [6.45, 7) is 4.94. The molecular formula is C21H23FN8. The number of dihydropyridines is 1. The molecule has 0 aromatic carbocycles. The van der Waals surface area contributed by atoms with Crippen LogP contribution in [0.3, 0.4) is 0 Å². The van der Waals surface area contributed by atoms with Gasteiger partial charge in [0.2, 0.25) is 5.95 Å². The standard InChI is InChI=1S/C21H23FN8/c1-12(2)17-11-26-30-20(17)28-19(14-6-15(22)9-23-8-14)29-21(30)27-16-7-13-4-3-5-24-18(13)25-10-16/h3-6,8-9,11-13,16,18,25H,7,10H2,1-2H3,(H,27,28,29)/t13?,16-,18?/m1/s1. The lowest BCUT2D eigenvalue weighted by atomic mass is 9.91. The van der Waals surface area contributed by atoms with Crippen molar-refractivity contribution >= 4 is 17.8 Å². The van der Waals surface area contributed by atoms with Crippen LogP contribution in [0, 0.1) is 11.7 Å². The molecule has 2 unspecified atom stereocenters. The summed E-state index contributed by atoms with van der Waals surface area (Å²) in [5, 5.41) is 11.5. The number of rotatable bonds is 4. The molecule has 0 bridgehead atoms. The van der Waals surface area contributed by atoms with Crippen molar-refractivity contribution in [3.63, 3.8) is 0 Å². The monoisotopic (exact) mass is 406 g/mol. The maximum Gasteiger partial charge on any atom is 0.228 e. The van der Waals surface area contributed by atoms with Gasteiger partial charge in [0, 0.05) is 42.0 Å². The molecule has 0 spiro atoms. The Kier molecular flexibility index (Phi) is 4.74. The molecule has 2 aliphatic rings. The third kappa shape index (κ3) is 3.45. The fourth-order valence-electron chi connectivity index (χ4n) is 3.99. The smallest absolute Gasteiger partial charge is 0.228 e. The van der Waals surface area contributed by atoms with E-state index in [1.807, 2.05) is 18.5 Å². The molecule has 5 rings (SSSR count). The second-order valence-corrected chi connectivity index (χ2v) is 8.03. The van der Waals surface area contributed by atoms with E-state index in [0.717, 1.165) is 18.5 Å². The van der Waals surface area contributed by atoms with Crippen molar-refractivity contribution in [2.75, 3.05) is 11.9 Å². The highest BCUT2D eigenvalue weighted by Crippen LogP contribution is 2.27. The second kappa shape index (κ2) is 7.56. The van der Waals surface area contributed by atoms with Gasteiger partial charge >= 0.3 is 0 Å². The molecule has 1 fully saturated rings. The van der Waals surface area contributed by atoms with Gasteiger partial charge < -0.3 is 5.32 Å². The highest BCUT2D eigenvalue weighted by Gasteiger charge is 2.30. The molecule has 3 aromatic rings. The van der Waals surface area contributed by atoms with Crippen LogP contribution in [-0.2, 0) is 0 Å². The van der Waals surface area contributed by atoms with E-state index in [4.69, 9.17) is 0 Å². The highest BCUT2D eigenvalue weighted by atomic mass is 19.1. The van der Waals surface area contributed by atoms with Crippen LogP contribution in [0.2, 0.25) is 0 Å². The Morgan fingerprint density at radius 1 is 1.23 bits per heavy atom. The number of allylic oxidation sites excluding steroid dienone is 1. The van der Waals surface area contributed by atoms with Crippen LogP contribution >= 0.6 is 0 Å². The minimum atomic E-state index is -0.421. The quantitative estimate of drug-likeness (QED) is 0.692. The summed E-state index contributed by atoms with van der Waals surface area (Å²) < 4.78 is 15.5. The Balaban J connectivity index is 1.53. The first-order valence-electron chi connectivity index (χ1n) is 10.1. The zero-order valence-corrected chi connectivity index (χ0v) is 16.8. The lowest BCUT2D eigenvalue weighted by molar-refractivity contribution is 0.316. The Morgan fingerprint density at radius 3 is 2.97 bits per heavy atom. The molecule has 0 amide bonds. The summed E-state index contributed by atoms with van der Waals surface area (Å²) >= 11 is 0. The number of halogens is 1.